The summed E-state index contributed by atoms with van der Waals surface area (Å²) < 4.78 is 5.97. The van der Waals surface area contributed by atoms with Gasteiger partial charge < -0.3 is 10.0 Å². The number of hydrogen-bond acceptors (Lipinski definition) is 4. The summed E-state index contributed by atoms with van der Waals surface area (Å²) >= 11 is 7.18. The number of fused-ring (bicyclic) bond motifs is 26. The fourth-order valence-corrected chi connectivity index (χ4v) is 17.1. The molecule has 2 aromatic heterocycles. The minimum atomic E-state index is -1.41. The third kappa shape index (κ3) is 6.66. The van der Waals surface area contributed by atoms with Gasteiger partial charge in [-0.15, -0.1) is 22.7 Å². The second-order valence-corrected chi connectivity index (χ2v) is 24.2. The molecule has 0 radical (unpaired) electrons. The molecular formula is C74H46BBrO2S2. The van der Waals surface area contributed by atoms with Crippen LogP contribution in [0.5, 0.6) is 0 Å². The first-order chi connectivity index (χ1) is 39.4. The summed E-state index contributed by atoms with van der Waals surface area (Å²) in [5.41, 5.74) is 24.6. The lowest BCUT2D eigenvalue weighted by Gasteiger charge is -2.30. The van der Waals surface area contributed by atoms with E-state index in [0.717, 1.165) is 14.6 Å². The van der Waals surface area contributed by atoms with Crippen molar-refractivity contribution in [1.82, 2.24) is 0 Å². The predicted molar refractivity (Wildman–Crippen MR) is 341 cm³/mol. The van der Waals surface area contributed by atoms with Gasteiger partial charge in [0.25, 0.3) is 0 Å². The molecule has 6 heteroatoms. The molecule has 4 aliphatic carbocycles. The fourth-order valence-electron chi connectivity index (χ4n) is 14.3. The smallest absolute Gasteiger partial charge is 0.423 e. The van der Waals surface area contributed by atoms with Crippen LogP contribution in [0.1, 0.15) is 44.5 Å². The van der Waals surface area contributed by atoms with Gasteiger partial charge in [0, 0.05) is 39.4 Å². The van der Waals surface area contributed by atoms with Gasteiger partial charge in [-0.05, 0) is 141 Å². The zero-order valence-electron chi connectivity index (χ0n) is 43.1. The van der Waals surface area contributed by atoms with Crippen LogP contribution in [-0.2, 0) is 10.8 Å². The molecule has 0 atom stereocenters. The van der Waals surface area contributed by atoms with Crippen molar-refractivity contribution in [3.8, 4) is 55.6 Å². The van der Waals surface area contributed by atoms with Crippen LogP contribution >= 0.6 is 38.6 Å². The van der Waals surface area contributed by atoms with Crippen molar-refractivity contribution in [2.45, 2.75) is 10.8 Å². The lowest BCUT2D eigenvalue weighted by Crippen LogP contribution is -2.29. The topological polar surface area (TPSA) is 40.5 Å². The van der Waals surface area contributed by atoms with E-state index in [0.29, 0.717) is 5.46 Å². The first kappa shape index (κ1) is 47.5. The minimum absolute atomic E-state index is 0.209. The zero-order chi connectivity index (χ0) is 53.3. The molecule has 12 aromatic carbocycles. The van der Waals surface area contributed by atoms with Crippen LogP contribution in [0.15, 0.2) is 271 Å². The molecule has 0 unspecified atom stereocenters. The molecule has 18 rings (SSSR count). The summed E-state index contributed by atoms with van der Waals surface area (Å²) in [5, 5.41) is 23.6. The van der Waals surface area contributed by atoms with E-state index in [-0.39, 0.29) is 10.8 Å². The van der Waals surface area contributed by atoms with Gasteiger partial charge in [-0.3, -0.25) is 0 Å². The Hall–Kier alpha value is -8.46. The van der Waals surface area contributed by atoms with Crippen LogP contribution in [0.3, 0.4) is 0 Å². The summed E-state index contributed by atoms with van der Waals surface area (Å²) in [4.78, 5) is 0. The van der Waals surface area contributed by atoms with Gasteiger partial charge >= 0.3 is 7.12 Å². The molecule has 4 aliphatic rings. The highest BCUT2D eigenvalue weighted by molar-refractivity contribution is 9.10. The third-order valence-electron chi connectivity index (χ3n) is 17.4. The van der Waals surface area contributed by atoms with E-state index in [1.165, 1.54) is 130 Å². The van der Waals surface area contributed by atoms with Crippen LogP contribution < -0.4 is 5.46 Å². The lowest BCUT2D eigenvalue weighted by molar-refractivity contribution is 0.426. The molecular weight excluding hydrogens is 1080 g/mol. The highest BCUT2D eigenvalue weighted by Gasteiger charge is 2.53. The van der Waals surface area contributed by atoms with Crippen molar-refractivity contribution in [3.63, 3.8) is 0 Å². The summed E-state index contributed by atoms with van der Waals surface area (Å²) in [5.74, 6) is 0. The van der Waals surface area contributed by atoms with Gasteiger partial charge in [0.05, 0.1) is 10.8 Å². The first-order valence-electron chi connectivity index (χ1n) is 27.1. The van der Waals surface area contributed by atoms with E-state index in [1.807, 2.05) is 41.7 Å². The van der Waals surface area contributed by atoms with Crippen molar-refractivity contribution >= 4 is 91.5 Å². The lowest BCUT2D eigenvalue weighted by atomic mass is 9.70. The Morgan fingerprint density at radius 1 is 0.287 bits per heavy atom. The van der Waals surface area contributed by atoms with Gasteiger partial charge in [-0.25, -0.2) is 0 Å². The molecule has 0 saturated heterocycles. The van der Waals surface area contributed by atoms with Crippen LogP contribution in [0.4, 0.5) is 0 Å². The second-order valence-electron chi connectivity index (χ2n) is 21.2. The number of hydrogen-bond donors (Lipinski definition) is 2. The molecule has 2 nitrogen and oxygen atoms in total. The van der Waals surface area contributed by atoms with E-state index >= 15 is 0 Å². The van der Waals surface area contributed by atoms with Crippen molar-refractivity contribution in [2.24, 2.45) is 0 Å². The minimum Gasteiger partial charge on any atom is -0.423 e. The average molecular weight is 1120 g/mol. The van der Waals surface area contributed by atoms with Crippen molar-refractivity contribution < 1.29 is 10.0 Å². The number of benzene rings is 12. The largest absolute Gasteiger partial charge is 0.489 e. The molecule has 2 spiro atoms. The SMILES string of the molecule is Brc1ccc2c(c1)-c1ccccc1C21c2ccccc2-c2ccccc21.OB(O)c1cccc2c1sc1ccccc12.c1ccc2c(c1)-c1ccccc1C21c2ccccc2-c2cc(-c3cccc4c3sc3ccccc34)ccc21. The molecule has 0 aliphatic heterocycles. The fraction of sp³-hybridized carbons (Fsp3) is 0.0270. The summed E-state index contributed by atoms with van der Waals surface area (Å²) in [6, 6.07) is 97.0. The van der Waals surface area contributed by atoms with E-state index < -0.39 is 7.12 Å². The standard InChI is InChI=1S/C37H22S.C25H15Br.C12H9BO2S/c1-5-16-31-25(10-1)26-11-2-6-17-32(26)37(31)33-18-7-3-12-27(33)30-22-23(20-21-34(30)37)24-14-9-15-29-28-13-4-8-19-35(28)38-36(24)29;26-16-13-14-24-20(15-16)19-9-3-6-12-23(19)25(24)21-10-4-1-7-17(21)18-8-2-5-11-22(18)25;14-13(15)10-6-3-5-9-8-4-1-2-7-11(8)16-12(9)10/h1-22H;1-15H;1-7,14-15H. The van der Waals surface area contributed by atoms with Gasteiger partial charge in [0.1, 0.15) is 0 Å². The van der Waals surface area contributed by atoms with Crippen molar-refractivity contribution in [3.05, 3.63) is 316 Å². The quantitative estimate of drug-likeness (QED) is 0.169. The average Bonchev–Trinajstić information content (AvgIpc) is 3.68. The Labute approximate surface area is 480 Å². The molecule has 2 heterocycles. The van der Waals surface area contributed by atoms with E-state index in [9.17, 15) is 10.0 Å². The van der Waals surface area contributed by atoms with Crippen molar-refractivity contribution in [2.75, 3.05) is 0 Å². The third-order valence-corrected chi connectivity index (χ3v) is 20.3. The van der Waals surface area contributed by atoms with Gasteiger partial charge in [0.2, 0.25) is 0 Å². The molecule has 80 heavy (non-hydrogen) atoms. The monoisotopic (exact) mass is 1120 g/mol. The van der Waals surface area contributed by atoms with Crippen LogP contribution in [0, 0.1) is 0 Å². The highest BCUT2D eigenvalue weighted by Crippen LogP contribution is 2.64. The molecule has 0 bridgehead atoms. The van der Waals surface area contributed by atoms with Crippen molar-refractivity contribution in [1.29, 1.82) is 0 Å². The maximum Gasteiger partial charge on any atom is 0.489 e. The molecule has 0 fully saturated rings. The molecule has 0 saturated carbocycles. The van der Waals surface area contributed by atoms with Gasteiger partial charge in [0.15, 0.2) is 0 Å². The van der Waals surface area contributed by atoms with E-state index in [4.69, 9.17) is 0 Å². The molecule has 14 aromatic rings. The number of thiophene rings is 2. The summed E-state index contributed by atoms with van der Waals surface area (Å²) in [6.07, 6.45) is 0. The Kier molecular flexibility index (Phi) is 10.9. The van der Waals surface area contributed by atoms with Crippen LogP contribution in [-0.4, -0.2) is 17.2 Å². The molecule has 376 valence electrons. The zero-order valence-corrected chi connectivity index (χ0v) is 46.3. The van der Waals surface area contributed by atoms with Crippen LogP contribution in [0.2, 0.25) is 0 Å². The van der Waals surface area contributed by atoms with Gasteiger partial charge in [-0.1, -0.05) is 253 Å². The number of rotatable bonds is 2. The Morgan fingerprint density at radius 3 is 1.10 bits per heavy atom. The Morgan fingerprint density at radius 2 is 0.625 bits per heavy atom. The predicted octanol–water partition coefficient (Wildman–Crippen LogP) is 18.6. The second kappa shape index (κ2) is 18.3. The summed E-state index contributed by atoms with van der Waals surface area (Å²) in [6.45, 7) is 0. The van der Waals surface area contributed by atoms with Gasteiger partial charge in [-0.2, -0.15) is 0 Å². The molecule has 2 N–H and O–H groups in total. The summed E-state index contributed by atoms with van der Waals surface area (Å²) in [7, 11) is -1.41. The van der Waals surface area contributed by atoms with Crippen LogP contribution in [0.25, 0.3) is 96.0 Å². The number of halogens is 1. The van der Waals surface area contributed by atoms with E-state index in [1.54, 1.807) is 17.4 Å². The maximum absolute atomic E-state index is 9.31. The maximum atomic E-state index is 9.31. The Bertz CT molecular complexity index is 4780. The Balaban J connectivity index is 0.000000109. The van der Waals surface area contributed by atoms with E-state index in [2.05, 4.69) is 246 Å². The normalized spacial score (nSPS) is 13.6. The molecule has 0 amide bonds. The first-order valence-corrected chi connectivity index (χ1v) is 29.6. The highest BCUT2D eigenvalue weighted by atomic mass is 79.9.